The van der Waals surface area contributed by atoms with E-state index in [1.807, 2.05) is 30.3 Å². The third-order valence-electron chi connectivity index (χ3n) is 6.77. The highest BCUT2D eigenvalue weighted by atomic mass is 35.5. The lowest BCUT2D eigenvalue weighted by molar-refractivity contribution is 0.104. The van der Waals surface area contributed by atoms with Crippen LogP contribution in [0.2, 0.25) is 5.02 Å². The van der Waals surface area contributed by atoms with Crippen molar-refractivity contribution in [3.05, 3.63) is 88.3 Å². The number of nitriles is 1. The van der Waals surface area contributed by atoms with E-state index in [9.17, 15) is 10.1 Å². The number of rotatable bonds is 5. The van der Waals surface area contributed by atoms with Crippen LogP contribution in [0.3, 0.4) is 0 Å². The first-order chi connectivity index (χ1) is 17.6. The van der Waals surface area contributed by atoms with Crippen molar-refractivity contribution in [2.75, 3.05) is 13.1 Å². The molecule has 178 valence electrons. The summed E-state index contributed by atoms with van der Waals surface area (Å²) in [4.78, 5) is 24.8. The van der Waals surface area contributed by atoms with Gasteiger partial charge >= 0.3 is 0 Å². The van der Waals surface area contributed by atoms with Gasteiger partial charge in [0.25, 0.3) is 0 Å². The van der Waals surface area contributed by atoms with E-state index in [2.05, 4.69) is 26.3 Å². The number of piperidine rings is 1. The summed E-state index contributed by atoms with van der Waals surface area (Å²) in [5.74, 6) is 1.25. The summed E-state index contributed by atoms with van der Waals surface area (Å²) in [7, 11) is 0. The number of para-hydroxylation sites is 1. The zero-order valence-electron chi connectivity index (χ0n) is 19.3. The van der Waals surface area contributed by atoms with E-state index in [1.54, 1.807) is 30.6 Å². The van der Waals surface area contributed by atoms with Crippen molar-refractivity contribution in [1.82, 2.24) is 20.3 Å². The number of aromatic nitrogens is 3. The van der Waals surface area contributed by atoms with Gasteiger partial charge in [0, 0.05) is 41.0 Å². The van der Waals surface area contributed by atoms with Crippen molar-refractivity contribution in [1.29, 1.82) is 5.26 Å². The van der Waals surface area contributed by atoms with Crippen LogP contribution in [-0.2, 0) is 0 Å². The molecule has 5 aromatic rings. The molecule has 0 spiro atoms. The summed E-state index contributed by atoms with van der Waals surface area (Å²) in [5, 5.41) is 15.0. The maximum absolute atomic E-state index is 13.7. The highest BCUT2D eigenvalue weighted by Gasteiger charge is 2.26. The molecule has 0 unspecified atom stereocenters. The van der Waals surface area contributed by atoms with E-state index >= 15 is 0 Å². The minimum atomic E-state index is -0.233. The molecule has 0 aliphatic carbocycles. The zero-order chi connectivity index (χ0) is 24.6. The predicted octanol–water partition coefficient (Wildman–Crippen LogP) is 6.06. The molecular formula is C28H22ClN5O2. The molecule has 1 aliphatic rings. The van der Waals surface area contributed by atoms with E-state index in [-0.39, 0.29) is 11.7 Å². The first-order valence-electron chi connectivity index (χ1n) is 11.8. The summed E-state index contributed by atoms with van der Waals surface area (Å²) in [6, 6.07) is 16.8. The standard InChI is InChI=1S/C28H22ClN5O2/c29-23-12-18(36-17-4-2-1-3-5-17)6-7-19(23)27(35)22-15-33-28-24(22)26-21(14-32-28)20(13-30)25(34-26)16-8-10-31-11-9-16/h1-7,12,14-16,31,34H,8-11H2,(H,32,33). The predicted molar refractivity (Wildman–Crippen MR) is 139 cm³/mol. The van der Waals surface area contributed by atoms with Gasteiger partial charge in [0.15, 0.2) is 5.78 Å². The second-order valence-corrected chi connectivity index (χ2v) is 9.32. The number of fused-ring (bicyclic) bond motifs is 3. The SMILES string of the molecule is N#Cc1c(C2CCNCC2)[nH]c2c1cnc1[nH]cc(C(=O)c3ccc(Oc4ccccc4)cc3Cl)c12. The minimum absolute atomic E-state index is 0.233. The molecule has 7 nitrogen and oxygen atoms in total. The Morgan fingerprint density at radius 1 is 1.08 bits per heavy atom. The van der Waals surface area contributed by atoms with Crippen LogP contribution in [0.25, 0.3) is 21.9 Å². The molecule has 2 aromatic carbocycles. The van der Waals surface area contributed by atoms with Gasteiger partial charge in [-0.25, -0.2) is 4.98 Å². The van der Waals surface area contributed by atoms with Gasteiger partial charge in [0.2, 0.25) is 0 Å². The number of halogens is 1. The van der Waals surface area contributed by atoms with Crippen LogP contribution in [0.15, 0.2) is 60.9 Å². The Bertz CT molecular complexity index is 1640. The fraction of sp³-hybridized carbons (Fsp3) is 0.179. The second-order valence-electron chi connectivity index (χ2n) is 8.91. The number of carbonyl (C=O) groups is 1. The number of ketones is 1. The maximum Gasteiger partial charge on any atom is 0.196 e. The van der Waals surface area contributed by atoms with Crippen LogP contribution >= 0.6 is 11.6 Å². The Labute approximate surface area is 212 Å². The van der Waals surface area contributed by atoms with Crippen LogP contribution in [0.4, 0.5) is 0 Å². The first kappa shape index (κ1) is 22.4. The van der Waals surface area contributed by atoms with E-state index < -0.39 is 0 Å². The topological polar surface area (TPSA) is 107 Å². The molecule has 8 heteroatoms. The molecule has 0 atom stereocenters. The Kier molecular flexibility index (Phi) is 5.68. The number of nitrogens with one attached hydrogen (secondary N) is 3. The molecule has 3 aromatic heterocycles. The number of benzene rings is 2. The number of nitrogens with zero attached hydrogens (tertiary/aromatic N) is 2. The van der Waals surface area contributed by atoms with Crippen molar-refractivity contribution in [3.63, 3.8) is 0 Å². The second kappa shape index (κ2) is 9.15. The number of pyridine rings is 1. The lowest BCUT2D eigenvalue weighted by Gasteiger charge is -2.21. The fourth-order valence-electron chi connectivity index (χ4n) is 4.99. The average Bonchev–Trinajstić information content (AvgIpc) is 3.51. The van der Waals surface area contributed by atoms with E-state index in [0.29, 0.717) is 44.2 Å². The van der Waals surface area contributed by atoms with E-state index in [4.69, 9.17) is 16.3 Å². The number of ether oxygens (including phenoxy) is 1. The van der Waals surface area contributed by atoms with E-state index in [0.717, 1.165) is 42.5 Å². The molecule has 0 bridgehead atoms. The van der Waals surface area contributed by atoms with Gasteiger partial charge in [-0.2, -0.15) is 5.26 Å². The Hall–Kier alpha value is -4.12. The summed E-state index contributed by atoms with van der Waals surface area (Å²) in [6.45, 7) is 1.82. The molecule has 0 radical (unpaired) electrons. The third-order valence-corrected chi connectivity index (χ3v) is 7.08. The monoisotopic (exact) mass is 495 g/mol. The summed E-state index contributed by atoms with van der Waals surface area (Å²) in [6.07, 6.45) is 5.25. The molecule has 4 heterocycles. The van der Waals surface area contributed by atoms with Crippen molar-refractivity contribution < 1.29 is 9.53 Å². The zero-order valence-corrected chi connectivity index (χ0v) is 20.0. The lowest BCUT2D eigenvalue weighted by atomic mass is 9.92. The van der Waals surface area contributed by atoms with Crippen molar-refractivity contribution in [2.24, 2.45) is 0 Å². The Balaban J connectivity index is 1.41. The Morgan fingerprint density at radius 2 is 1.89 bits per heavy atom. The molecule has 0 saturated carbocycles. The van der Waals surface area contributed by atoms with Gasteiger partial charge in [-0.1, -0.05) is 29.8 Å². The van der Waals surface area contributed by atoms with Crippen molar-refractivity contribution in [3.8, 4) is 17.6 Å². The maximum atomic E-state index is 13.7. The largest absolute Gasteiger partial charge is 0.457 e. The van der Waals surface area contributed by atoms with E-state index in [1.165, 1.54) is 0 Å². The molecule has 1 fully saturated rings. The number of hydrogen-bond acceptors (Lipinski definition) is 5. The molecule has 6 rings (SSSR count). The number of carbonyl (C=O) groups excluding carboxylic acids is 1. The molecular weight excluding hydrogens is 474 g/mol. The number of H-pyrrole nitrogens is 2. The van der Waals surface area contributed by atoms with Crippen LogP contribution in [0.1, 0.15) is 45.9 Å². The molecule has 0 amide bonds. The van der Waals surface area contributed by atoms with Crippen LogP contribution in [0.5, 0.6) is 11.5 Å². The van der Waals surface area contributed by atoms with Crippen LogP contribution < -0.4 is 10.1 Å². The van der Waals surface area contributed by atoms with Gasteiger partial charge in [0.1, 0.15) is 23.2 Å². The molecule has 1 saturated heterocycles. The van der Waals surface area contributed by atoms with Crippen LogP contribution in [0, 0.1) is 11.3 Å². The molecule has 3 N–H and O–H groups in total. The first-order valence-corrected chi connectivity index (χ1v) is 12.2. The number of aromatic amines is 2. The summed E-state index contributed by atoms with van der Waals surface area (Å²) >= 11 is 6.55. The molecule has 36 heavy (non-hydrogen) atoms. The summed E-state index contributed by atoms with van der Waals surface area (Å²) < 4.78 is 5.85. The minimum Gasteiger partial charge on any atom is -0.457 e. The van der Waals surface area contributed by atoms with Gasteiger partial charge in [-0.3, -0.25) is 4.79 Å². The highest BCUT2D eigenvalue weighted by molar-refractivity contribution is 6.36. The third kappa shape index (κ3) is 3.81. The van der Waals surface area contributed by atoms with Gasteiger partial charge in [-0.05, 0) is 50.2 Å². The average molecular weight is 496 g/mol. The Morgan fingerprint density at radius 3 is 2.64 bits per heavy atom. The molecule has 1 aliphatic heterocycles. The highest BCUT2D eigenvalue weighted by Crippen LogP contribution is 2.37. The van der Waals surface area contributed by atoms with Gasteiger partial charge in [0.05, 0.1) is 27.1 Å². The van der Waals surface area contributed by atoms with Crippen LogP contribution in [-0.4, -0.2) is 33.8 Å². The normalized spacial score (nSPS) is 14.2. The fourth-order valence-corrected chi connectivity index (χ4v) is 5.24. The number of hydrogen-bond donors (Lipinski definition) is 3. The lowest BCUT2D eigenvalue weighted by Crippen LogP contribution is -2.27. The van der Waals surface area contributed by atoms with Gasteiger partial charge < -0.3 is 20.0 Å². The quantitative estimate of drug-likeness (QED) is 0.257. The summed E-state index contributed by atoms with van der Waals surface area (Å²) in [5.41, 5.74) is 3.66. The smallest absolute Gasteiger partial charge is 0.196 e. The van der Waals surface area contributed by atoms with Crippen molar-refractivity contribution in [2.45, 2.75) is 18.8 Å². The van der Waals surface area contributed by atoms with Crippen molar-refractivity contribution >= 4 is 39.3 Å². The van der Waals surface area contributed by atoms with Gasteiger partial charge in [-0.15, -0.1) is 0 Å².